The zero-order valence-electron chi connectivity index (χ0n) is 8.99. The van der Waals surface area contributed by atoms with Gasteiger partial charge in [0.15, 0.2) is 0 Å². The second kappa shape index (κ2) is 5.67. The summed E-state index contributed by atoms with van der Waals surface area (Å²) in [6.07, 6.45) is 0. The minimum Gasteiger partial charge on any atom is -0.457 e. The highest BCUT2D eigenvalue weighted by Crippen LogP contribution is 2.30. The molecular weight excluding hydrogens is 346 g/mol. The van der Waals surface area contributed by atoms with Gasteiger partial charge in [0.05, 0.1) is 0 Å². The van der Waals surface area contributed by atoms with Gasteiger partial charge in [-0.25, -0.2) is 0 Å². The van der Waals surface area contributed by atoms with Crippen molar-refractivity contribution in [2.75, 3.05) is 0 Å². The Morgan fingerprint density at radius 2 is 1.71 bits per heavy atom. The van der Waals surface area contributed by atoms with Crippen LogP contribution in [0, 0.1) is 0 Å². The summed E-state index contributed by atoms with van der Waals surface area (Å²) >= 11 is 6.85. The lowest BCUT2D eigenvalue weighted by atomic mass is 10.2. The molecule has 0 bridgehead atoms. The Bertz CT molecular complexity index is 511. The molecule has 0 radical (unpaired) electrons. The molecule has 2 nitrogen and oxygen atoms in total. The highest BCUT2D eigenvalue weighted by Gasteiger charge is 2.06. The summed E-state index contributed by atoms with van der Waals surface area (Å²) in [6, 6.07) is 13.5. The van der Waals surface area contributed by atoms with Gasteiger partial charge in [0.2, 0.25) is 0 Å². The maximum absolute atomic E-state index is 5.81. The molecule has 2 N–H and O–H groups in total. The fraction of sp³-hybridized carbons (Fsp3) is 0.0769. The smallest absolute Gasteiger partial charge is 0.133 e. The first-order chi connectivity index (χ1) is 8.20. The molecule has 2 aromatic carbocycles. The normalized spacial score (nSPS) is 10.3. The minimum absolute atomic E-state index is 0.438. The Morgan fingerprint density at radius 3 is 2.35 bits per heavy atom. The van der Waals surface area contributed by atoms with Gasteiger partial charge in [0.25, 0.3) is 0 Å². The maximum atomic E-state index is 5.81. The molecule has 0 aliphatic carbocycles. The van der Waals surface area contributed by atoms with Crippen LogP contribution < -0.4 is 10.5 Å². The number of ether oxygens (including phenoxy) is 1. The van der Waals surface area contributed by atoms with E-state index < -0.39 is 0 Å². The zero-order valence-corrected chi connectivity index (χ0v) is 12.2. The first-order valence-corrected chi connectivity index (χ1v) is 6.70. The number of rotatable bonds is 3. The average molecular weight is 357 g/mol. The molecule has 0 aromatic heterocycles. The van der Waals surface area contributed by atoms with E-state index in [4.69, 9.17) is 10.5 Å². The molecule has 17 heavy (non-hydrogen) atoms. The van der Waals surface area contributed by atoms with Crippen molar-refractivity contribution >= 4 is 31.9 Å². The second-order valence-corrected chi connectivity index (χ2v) is 5.25. The van der Waals surface area contributed by atoms with Crippen molar-refractivity contribution in [3.8, 4) is 11.5 Å². The van der Waals surface area contributed by atoms with E-state index in [1.807, 2.05) is 42.5 Å². The average Bonchev–Trinajstić information content (AvgIpc) is 2.32. The summed E-state index contributed by atoms with van der Waals surface area (Å²) in [5.41, 5.74) is 6.68. The Hall–Kier alpha value is -0.840. The lowest BCUT2D eigenvalue weighted by Gasteiger charge is -2.11. The summed E-state index contributed by atoms with van der Waals surface area (Å²) in [4.78, 5) is 0. The minimum atomic E-state index is 0.438. The molecule has 0 aliphatic rings. The van der Waals surface area contributed by atoms with Crippen molar-refractivity contribution in [3.63, 3.8) is 0 Å². The quantitative estimate of drug-likeness (QED) is 0.880. The van der Waals surface area contributed by atoms with Crippen molar-refractivity contribution in [2.24, 2.45) is 5.73 Å². The molecule has 0 saturated carbocycles. The number of hydrogen-bond donors (Lipinski definition) is 1. The van der Waals surface area contributed by atoms with Crippen LogP contribution in [0.2, 0.25) is 0 Å². The van der Waals surface area contributed by atoms with Crippen LogP contribution in [-0.2, 0) is 6.54 Å². The molecule has 0 fully saturated rings. The third-order valence-corrected chi connectivity index (χ3v) is 3.59. The van der Waals surface area contributed by atoms with Gasteiger partial charge in [0, 0.05) is 21.1 Å². The first kappa shape index (κ1) is 12.6. The van der Waals surface area contributed by atoms with E-state index >= 15 is 0 Å². The van der Waals surface area contributed by atoms with Crippen LogP contribution in [0.5, 0.6) is 11.5 Å². The Balaban J connectivity index is 2.29. The predicted molar refractivity (Wildman–Crippen MR) is 76.2 cm³/mol. The molecule has 0 amide bonds. The molecule has 0 aliphatic heterocycles. The molecule has 0 unspecified atom stereocenters. The summed E-state index contributed by atoms with van der Waals surface area (Å²) < 4.78 is 7.80. The largest absolute Gasteiger partial charge is 0.457 e. The summed E-state index contributed by atoms with van der Waals surface area (Å²) in [5, 5.41) is 0. The standard InChI is InChI=1S/C13H11Br2NO/c14-9-4-6-10(7-5-9)17-13-3-1-2-12(15)11(13)8-16/h1-7H,8,16H2. The molecule has 2 rings (SSSR count). The van der Waals surface area contributed by atoms with E-state index in [0.29, 0.717) is 6.54 Å². The number of nitrogens with two attached hydrogens (primary N) is 1. The third-order valence-electron chi connectivity index (χ3n) is 2.32. The van der Waals surface area contributed by atoms with Crippen LogP contribution in [0.25, 0.3) is 0 Å². The molecule has 2 aromatic rings. The predicted octanol–water partition coefficient (Wildman–Crippen LogP) is 4.46. The van der Waals surface area contributed by atoms with Crippen molar-refractivity contribution in [1.29, 1.82) is 0 Å². The lowest BCUT2D eigenvalue weighted by molar-refractivity contribution is 0.476. The molecule has 0 heterocycles. The van der Waals surface area contributed by atoms with E-state index in [2.05, 4.69) is 31.9 Å². The first-order valence-electron chi connectivity index (χ1n) is 5.11. The fourth-order valence-corrected chi connectivity index (χ4v) is 2.24. The van der Waals surface area contributed by atoms with E-state index in [1.54, 1.807) is 0 Å². The van der Waals surface area contributed by atoms with E-state index in [9.17, 15) is 0 Å². The lowest BCUT2D eigenvalue weighted by Crippen LogP contribution is -2.00. The third kappa shape index (κ3) is 3.09. The SMILES string of the molecule is NCc1c(Br)cccc1Oc1ccc(Br)cc1. The van der Waals surface area contributed by atoms with Gasteiger partial charge in [-0.2, -0.15) is 0 Å². The Morgan fingerprint density at radius 1 is 1.00 bits per heavy atom. The zero-order chi connectivity index (χ0) is 12.3. The van der Waals surface area contributed by atoms with E-state index in [1.165, 1.54) is 0 Å². The van der Waals surface area contributed by atoms with Gasteiger partial charge in [0.1, 0.15) is 11.5 Å². The van der Waals surface area contributed by atoms with Crippen molar-refractivity contribution in [3.05, 3.63) is 57.0 Å². The monoisotopic (exact) mass is 355 g/mol. The van der Waals surface area contributed by atoms with Crippen molar-refractivity contribution in [1.82, 2.24) is 0 Å². The van der Waals surface area contributed by atoms with E-state index in [-0.39, 0.29) is 0 Å². The number of hydrogen-bond acceptors (Lipinski definition) is 2. The fourth-order valence-electron chi connectivity index (χ4n) is 1.46. The Labute approximate surface area is 117 Å². The molecular formula is C13H11Br2NO. The second-order valence-electron chi connectivity index (χ2n) is 3.48. The number of halogens is 2. The number of benzene rings is 2. The van der Waals surface area contributed by atoms with Crippen LogP contribution in [-0.4, -0.2) is 0 Å². The molecule has 88 valence electrons. The molecule has 0 spiro atoms. The Kier molecular flexibility index (Phi) is 4.20. The highest BCUT2D eigenvalue weighted by molar-refractivity contribution is 9.10. The van der Waals surface area contributed by atoms with Gasteiger partial charge in [-0.05, 0) is 36.4 Å². The summed E-state index contributed by atoms with van der Waals surface area (Å²) in [5.74, 6) is 1.57. The molecule has 0 atom stereocenters. The van der Waals surface area contributed by atoms with Crippen LogP contribution in [0.1, 0.15) is 5.56 Å². The van der Waals surface area contributed by atoms with Crippen LogP contribution in [0.3, 0.4) is 0 Å². The van der Waals surface area contributed by atoms with Crippen molar-refractivity contribution in [2.45, 2.75) is 6.54 Å². The summed E-state index contributed by atoms with van der Waals surface area (Å²) in [6.45, 7) is 0.438. The van der Waals surface area contributed by atoms with Gasteiger partial charge in [-0.15, -0.1) is 0 Å². The van der Waals surface area contributed by atoms with Gasteiger partial charge in [-0.1, -0.05) is 37.9 Å². The molecule has 0 saturated heterocycles. The van der Waals surface area contributed by atoms with Crippen LogP contribution in [0.15, 0.2) is 51.4 Å². The maximum Gasteiger partial charge on any atom is 0.133 e. The van der Waals surface area contributed by atoms with Crippen LogP contribution in [0.4, 0.5) is 0 Å². The topological polar surface area (TPSA) is 35.2 Å². The van der Waals surface area contributed by atoms with Crippen LogP contribution >= 0.6 is 31.9 Å². The van der Waals surface area contributed by atoms with Crippen molar-refractivity contribution < 1.29 is 4.74 Å². The van der Waals surface area contributed by atoms with Gasteiger partial charge in [-0.3, -0.25) is 0 Å². The van der Waals surface area contributed by atoms with Gasteiger partial charge < -0.3 is 10.5 Å². The van der Waals surface area contributed by atoms with E-state index in [0.717, 1.165) is 26.0 Å². The molecule has 4 heteroatoms. The summed E-state index contributed by atoms with van der Waals surface area (Å²) in [7, 11) is 0. The highest BCUT2D eigenvalue weighted by atomic mass is 79.9. The van der Waals surface area contributed by atoms with Gasteiger partial charge >= 0.3 is 0 Å².